The number of benzene rings is 1. The van der Waals surface area contributed by atoms with Crippen molar-refractivity contribution in [2.75, 3.05) is 6.61 Å². The SMILES string of the molecule is OCCC#Cc1ccc(CSc2ncco2)cc1. The van der Waals surface area contributed by atoms with Gasteiger partial charge in [-0.05, 0) is 17.7 Å². The fourth-order valence-corrected chi connectivity index (χ4v) is 2.07. The molecule has 2 aromatic rings. The maximum atomic E-state index is 8.63. The van der Waals surface area contributed by atoms with Gasteiger partial charge in [-0.1, -0.05) is 35.7 Å². The van der Waals surface area contributed by atoms with E-state index in [0.717, 1.165) is 11.3 Å². The van der Waals surface area contributed by atoms with Crippen LogP contribution in [0.5, 0.6) is 0 Å². The largest absolute Gasteiger partial charge is 0.440 e. The highest BCUT2D eigenvalue weighted by atomic mass is 32.2. The van der Waals surface area contributed by atoms with E-state index >= 15 is 0 Å². The van der Waals surface area contributed by atoms with Crippen molar-refractivity contribution in [2.24, 2.45) is 0 Å². The zero-order valence-electron chi connectivity index (χ0n) is 9.80. The molecular formula is C14H13NO2S. The molecule has 0 aliphatic heterocycles. The molecule has 0 spiro atoms. The fourth-order valence-electron chi connectivity index (χ4n) is 1.33. The number of aliphatic hydroxyl groups excluding tert-OH is 1. The summed E-state index contributed by atoms with van der Waals surface area (Å²) in [6.45, 7) is 0.109. The number of hydrogen-bond donors (Lipinski definition) is 1. The van der Waals surface area contributed by atoms with Gasteiger partial charge in [0.1, 0.15) is 6.26 Å². The second kappa shape index (κ2) is 6.90. The van der Waals surface area contributed by atoms with E-state index in [1.165, 1.54) is 5.56 Å². The number of aromatic nitrogens is 1. The van der Waals surface area contributed by atoms with E-state index in [4.69, 9.17) is 9.52 Å². The monoisotopic (exact) mass is 259 g/mol. The van der Waals surface area contributed by atoms with Crippen molar-refractivity contribution in [3.63, 3.8) is 0 Å². The van der Waals surface area contributed by atoms with Gasteiger partial charge in [0, 0.05) is 17.7 Å². The molecule has 0 aliphatic carbocycles. The summed E-state index contributed by atoms with van der Waals surface area (Å²) in [7, 11) is 0. The minimum atomic E-state index is 0.109. The lowest BCUT2D eigenvalue weighted by Crippen LogP contribution is -1.82. The Morgan fingerprint density at radius 2 is 2.11 bits per heavy atom. The molecule has 0 radical (unpaired) electrons. The molecule has 1 heterocycles. The van der Waals surface area contributed by atoms with E-state index in [0.29, 0.717) is 11.6 Å². The minimum Gasteiger partial charge on any atom is -0.440 e. The van der Waals surface area contributed by atoms with Crippen molar-refractivity contribution in [1.82, 2.24) is 4.98 Å². The zero-order valence-corrected chi connectivity index (χ0v) is 10.6. The van der Waals surface area contributed by atoms with Crippen molar-refractivity contribution >= 4 is 11.8 Å². The van der Waals surface area contributed by atoms with Crippen LogP contribution in [0.15, 0.2) is 46.4 Å². The van der Waals surface area contributed by atoms with Gasteiger partial charge in [0.15, 0.2) is 0 Å². The van der Waals surface area contributed by atoms with E-state index in [2.05, 4.69) is 16.8 Å². The van der Waals surface area contributed by atoms with Crippen LogP contribution in [0.25, 0.3) is 0 Å². The van der Waals surface area contributed by atoms with Gasteiger partial charge >= 0.3 is 0 Å². The third-order valence-corrected chi connectivity index (χ3v) is 3.12. The highest BCUT2D eigenvalue weighted by molar-refractivity contribution is 7.98. The van der Waals surface area contributed by atoms with E-state index in [1.54, 1.807) is 24.2 Å². The number of aliphatic hydroxyl groups is 1. The Morgan fingerprint density at radius 1 is 1.28 bits per heavy atom. The average Bonchev–Trinajstić information content (AvgIpc) is 2.91. The Bertz CT molecular complexity index is 523. The molecule has 0 atom stereocenters. The van der Waals surface area contributed by atoms with Crippen molar-refractivity contribution in [1.29, 1.82) is 0 Å². The van der Waals surface area contributed by atoms with Crippen LogP contribution >= 0.6 is 11.8 Å². The van der Waals surface area contributed by atoms with E-state index in [-0.39, 0.29) is 6.61 Å². The van der Waals surface area contributed by atoms with Crippen LogP contribution < -0.4 is 0 Å². The maximum Gasteiger partial charge on any atom is 0.255 e. The first-order chi connectivity index (χ1) is 8.88. The summed E-state index contributed by atoms with van der Waals surface area (Å²) in [6, 6.07) is 8.05. The summed E-state index contributed by atoms with van der Waals surface area (Å²) in [4.78, 5) is 4.05. The van der Waals surface area contributed by atoms with Crippen LogP contribution in [0.3, 0.4) is 0 Å². The van der Waals surface area contributed by atoms with E-state index in [1.807, 2.05) is 24.3 Å². The standard InChI is InChI=1S/C14H13NO2S/c16-9-2-1-3-12-4-6-13(7-5-12)11-18-14-15-8-10-17-14/h4-8,10,16H,2,9,11H2. The molecule has 0 unspecified atom stereocenters. The summed E-state index contributed by atoms with van der Waals surface area (Å²) in [5.41, 5.74) is 2.17. The van der Waals surface area contributed by atoms with Gasteiger partial charge in [0.2, 0.25) is 0 Å². The van der Waals surface area contributed by atoms with Gasteiger partial charge in [-0.3, -0.25) is 0 Å². The Hall–Kier alpha value is -1.70. The quantitative estimate of drug-likeness (QED) is 0.677. The third-order valence-electron chi connectivity index (χ3n) is 2.20. The molecule has 0 aliphatic rings. The minimum absolute atomic E-state index is 0.109. The molecule has 4 heteroatoms. The van der Waals surface area contributed by atoms with Gasteiger partial charge in [0.05, 0.1) is 12.8 Å². The van der Waals surface area contributed by atoms with Gasteiger partial charge in [-0.25, -0.2) is 4.98 Å². The molecule has 0 fully saturated rings. The van der Waals surface area contributed by atoms with Crippen molar-refractivity contribution in [3.8, 4) is 11.8 Å². The van der Waals surface area contributed by atoms with Gasteiger partial charge in [-0.2, -0.15) is 0 Å². The molecule has 3 nitrogen and oxygen atoms in total. The summed E-state index contributed by atoms with van der Waals surface area (Å²) in [6.07, 6.45) is 3.73. The Kier molecular flexibility index (Phi) is 4.88. The van der Waals surface area contributed by atoms with Crippen LogP contribution in [0, 0.1) is 11.8 Å². The Morgan fingerprint density at radius 3 is 2.78 bits per heavy atom. The molecule has 2 rings (SSSR count). The van der Waals surface area contributed by atoms with Crippen LogP contribution in [0.4, 0.5) is 0 Å². The van der Waals surface area contributed by atoms with Crippen molar-refractivity contribution in [3.05, 3.63) is 47.9 Å². The normalized spacial score (nSPS) is 9.83. The summed E-state index contributed by atoms with van der Waals surface area (Å²) in [5.74, 6) is 6.71. The first kappa shape index (κ1) is 12.7. The Labute approximate surface area is 110 Å². The predicted molar refractivity (Wildman–Crippen MR) is 71.1 cm³/mol. The highest BCUT2D eigenvalue weighted by Gasteiger charge is 1.99. The van der Waals surface area contributed by atoms with Crippen LogP contribution in [0.1, 0.15) is 17.5 Å². The van der Waals surface area contributed by atoms with Gasteiger partial charge in [0.25, 0.3) is 5.22 Å². The number of oxazole rings is 1. The Balaban J connectivity index is 1.90. The molecule has 0 saturated heterocycles. The number of nitrogens with zero attached hydrogens (tertiary/aromatic N) is 1. The number of thioether (sulfide) groups is 1. The summed E-state index contributed by atoms with van der Waals surface area (Å²) >= 11 is 1.56. The maximum absolute atomic E-state index is 8.63. The molecule has 1 N–H and O–H groups in total. The first-order valence-electron chi connectivity index (χ1n) is 5.59. The molecular weight excluding hydrogens is 246 g/mol. The van der Waals surface area contributed by atoms with Crippen LogP contribution in [-0.4, -0.2) is 16.7 Å². The fraction of sp³-hybridized carbons (Fsp3) is 0.214. The van der Waals surface area contributed by atoms with E-state index < -0.39 is 0 Å². The first-order valence-corrected chi connectivity index (χ1v) is 6.58. The molecule has 0 bridgehead atoms. The molecule has 1 aromatic carbocycles. The molecule has 1 aromatic heterocycles. The molecule has 18 heavy (non-hydrogen) atoms. The zero-order chi connectivity index (χ0) is 12.6. The summed E-state index contributed by atoms with van der Waals surface area (Å²) in [5, 5.41) is 9.31. The number of hydrogen-bond acceptors (Lipinski definition) is 4. The lowest BCUT2D eigenvalue weighted by Gasteiger charge is -1.98. The van der Waals surface area contributed by atoms with Crippen LogP contribution in [0.2, 0.25) is 0 Å². The third kappa shape index (κ3) is 3.95. The molecule has 0 amide bonds. The van der Waals surface area contributed by atoms with Crippen LogP contribution in [-0.2, 0) is 5.75 Å². The number of rotatable bonds is 4. The second-order valence-electron chi connectivity index (χ2n) is 3.56. The predicted octanol–water partition coefficient (Wildman–Crippen LogP) is 2.70. The van der Waals surface area contributed by atoms with Crippen molar-refractivity contribution < 1.29 is 9.52 Å². The van der Waals surface area contributed by atoms with Crippen molar-refractivity contribution in [2.45, 2.75) is 17.4 Å². The highest BCUT2D eigenvalue weighted by Crippen LogP contribution is 2.20. The van der Waals surface area contributed by atoms with E-state index in [9.17, 15) is 0 Å². The van der Waals surface area contributed by atoms with Gasteiger partial charge < -0.3 is 9.52 Å². The average molecular weight is 259 g/mol. The summed E-state index contributed by atoms with van der Waals surface area (Å²) < 4.78 is 5.15. The topological polar surface area (TPSA) is 46.3 Å². The molecule has 92 valence electrons. The lowest BCUT2D eigenvalue weighted by atomic mass is 10.1. The lowest BCUT2D eigenvalue weighted by molar-refractivity contribution is 0.305. The smallest absolute Gasteiger partial charge is 0.255 e. The second-order valence-corrected chi connectivity index (χ2v) is 4.49. The molecule has 0 saturated carbocycles. The van der Waals surface area contributed by atoms with Gasteiger partial charge in [-0.15, -0.1) is 0 Å².